The monoisotopic (exact) mass is 571 g/mol. The molecule has 0 fully saturated rings. The van der Waals surface area contributed by atoms with E-state index in [0.29, 0.717) is 29.9 Å². The molecule has 0 unspecified atom stereocenters. The largest absolute Gasteiger partial charge is 0.481 e. The number of alkyl halides is 6. The number of aromatic amines is 1. The number of hydrogen-bond donors (Lipinski definition) is 3. The summed E-state index contributed by atoms with van der Waals surface area (Å²) in [5.74, 6) is 0.176. The van der Waals surface area contributed by atoms with E-state index >= 15 is 0 Å². The molecule has 0 aliphatic carbocycles. The molecule has 0 saturated carbocycles. The van der Waals surface area contributed by atoms with Crippen molar-refractivity contribution < 1.29 is 41.0 Å². The number of H-pyrrole nitrogens is 1. The fraction of sp³-hybridized carbons (Fsp3) is 0.360. The molecule has 0 radical (unpaired) electrons. The Kier molecular flexibility index (Phi) is 7.67. The van der Waals surface area contributed by atoms with Crippen LogP contribution in [-0.2, 0) is 18.8 Å². The number of carbonyl (C=O) groups is 1. The lowest BCUT2D eigenvalue weighted by Gasteiger charge is -2.38. The number of methoxy groups -OCH3 is 1. The summed E-state index contributed by atoms with van der Waals surface area (Å²) in [6, 6.07) is 3.13. The van der Waals surface area contributed by atoms with Crippen LogP contribution in [0.25, 0.3) is 0 Å². The highest BCUT2D eigenvalue weighted by atomic mass is 19.4. The lowest BCUT2D eigenvalue weighted by atomic mass is 9.93. The lowest BCUT2D eigenvalue weighted by molar-refractivity contribution is -0.143. The first-order valence-corrected chi connectivity index (χ1v) is 11.9. The number of rotatable bonds is 6. The molecule has 2 atom stereocenters. The molecule has 3 aromatic rings. The van der Waals surface area contributed by atoms with Gasteiger partial charge in [-0.05, 0) is 42.7 Å². The number of halogens is 6. The van der Waals surface area contributed by atoms with Crippen molar-refractivity contribution in [1.82, 2.24) is 15.0 Å². The normalized spacial score (nSPS) is 17.4. The molecular formula is C25H23F6N5O4. The first kappa shape index (κ1) is 28.7. The van der Waals surface area contributed by atoms with E-state index in [2.05, 4.69) is 20.3 Å². The number of nitrogens with zero attached hydrogens (tertiary/aromatic N) is 3. The van der Waals surface area contributed by atoms with Crippen LogP contribution in [-0.4, -0.2) is 39.3 Å². The van der Waals surface area contributed by atoms with Crippen LogP contribution in [0.15, 0.2) is 41.3 Å². The molecule has 9 nitrogen and oxygen atoms in total. The molecule has 1 amide bonds. The van der Waals surface area contributed by atoms with Gasteiger partial charge in [-0.1, -0.05) is 6.92 Å². The zero-order chi connectivity index (χ0) is 29.4. The number of fused-ring (bicyclic) bond motifs is 1. The SMILES string of the molecule is CC[C@@H]1C[C@H](Nc2ncc(Cc3cc(C(F)(F)F)cc(C(F)(F)F)c3)c(=O)[nH]2)c2nc(OC)ccc2N1C(=O)O. The number of hydrogen-bond acceptors (Lipinski definition) is 6. The van der Waals surface area contributed by atoms with E-state index in [1.165, 1.54) is 18.1 Å². The number of ether oxygens (including phenoxy) is 1. The van der Waals surface area contributed by atoms with E-state index in [4.69, 9.17) is 4.74 Å². The maximum absolute atomic E-state index is 13.2. The van der Waals surface area contributed by atoms with Crippen LogP contribution < -0.4 is 20.5 Å². The van der Waals surface area contributed by atoms with Gasteiger partial charge in [0.2, 0.25) is 11.8 Å². The minimum Gasteiger partial charge on any atom is -0.481 e. The van der Waals surface area contributed by atoms with Gasteiger partial charge in [-0.2, -0.15) is 26.3 Å². The molecule has 4 rings (SSSR count). The van der Waals surface area contributed by atoms with Gasteiger partial charge in [0.15, 0.2) is 0 Å². The highest BCUT2D eigenvalue weighted by Crippen LogP contribution is 2.40. The number of anilines is 2. The fourth-order valence-electron chi connectivity index (χ4n) is 4.57. The standard InChI is InChI=1S/C25H23F6N5O4/c1-3-16-10-17(20-18(36(16)23(38)39)4-5-19(34-20)40-2)33-22-32-11-13(21(37)35-22)6-12-7-14(24(26,27)28)9-15(8-12)25(29,30)31/h4-5,7-9,11,16-17H,3,6,10H2,1-2H3,(H,38,39)(H2,32,33,35,37)/t16-,17+/m1/s1. The molecule has 0 bridgehead atoms. The third kappa shape index (κ3) is 5.97. The second-order valence-electron chi connectivity index (χ2n) is 9.08. The van der Waals surface area contributed by atoms with E-state index in [-0.39, 0.29) is 35.4 Å². The number of benzene rings is 1. The topological polar surface area (TPSA) is 120 Å². The van der Waals surface area contributed by atoms with Gasteiger partial charge in [0, 0.05) is 30.3 Å². The predicted octanol–water partition coefficient (Wildman–Crippen LogP) is 5.62. The number of amides is 1. The highest BCUT2D eigenvalue weighted by molar-refractivity contribution is 5.88. The molecule has 3 heterocycles. The summed E-state index contributed by atoms with van der Waals surface area (Å²) in [5.41, 5.74) is -3.65. The van der Waals surface area contributed by atoms with Crippen molar-refractivity contribution in [2.75, 3.05) is 17.3 Å². The van der Waals surface area contributed by atoms with Gasteiger partial charge in [0.1, 0.15) is 0 Å². The zero-order valence-corrected chi connectivity index (χ0v) is 21.0. The Morgan fingerprint density at radius 1 is 1.15 bits per heavy atom. The fourth-order valence-corrected chi connectivity index (χ4v) is 4.57. The maximum atomic E-state index is 13.2. The van der Waals surface area contributed by atoms with Crippen molar-refractivity contribution in [2.45, 2.75) is 50.6 Å². The van der Waals surface area contributed by atoms with Crippen LogP contribution in [0, 0.1) is 0 Å². The van der Waals surface area contributed by atoms with E-state index in [1.54, 1.807) is 6.07 Å². The molecule has 214 valence electrons. The minimum absolute atomic E-state index is 0.0130. The van der Waals surface area contributed by atoms with Gasteiger partial charge in [-0.25, -0.2) is 14.8 Å². The predicted molar refractivity (Wildman–Crippen MR) is 130 cm³/mol. The van der Waals surface area contributed by atoms with Crippen molar-refractivity contribution in [1.29, 1.82) is 0 Å². The summed E-state index contributed by atoms with van der Waals surface area (Å²) in [7, 11) is 1.39. The Balaban J connectivity index is 1.64. The average molecular weight is 571 g/mol. The molecule has 15 heteroatoms. The molecule has 0 saturated heterocycles. The lowest BCUT2D eigenvalue weighted by Crippen LogP contribution is -2.45. The van der Waals surface area contributed by atoms with Gasteiger partial charge in [0.05, 0.1) is 35.7 Å². The van der Waals surface area contributed by atoms with Crippen LogP contribution in [0.5, 0.6) is 5.88 Å². The number of carboxylic acid groups (broad SMARTS) is 1. The summed E-state index contributed by atoms with van der Waals surface area (Å²) in [6.45, 7) is 1.81. The van der Waals surface area contributed by atoms with Crippen molar-refractivity contribution in [2.24, 2.45) is 0 Å². The summed E-state index contributed by atoms with van der Waals surface area (Å²) in [6.07, 6.45) is -9.97. The molecule has 40 heavy (non-hydrogen) atoms. The molecule has 0 spiro atoms. The third-order valence-corrected chi connectivity index (χ3v) is 6.45. The van der Waals surface area contributed by atoms with Crippen molar-refractivity contribution in [3.63, 3.8) is 0 Å². The number of aromatic nitrogens is 3. The van der Waals surface area contributed by atoms with Gasteiger partial charge in [-0.15, -0.1) is 0 Å². The summed E-state index contributed by atoms with van der Waals surface area (Å²) in [4.78, 5) is 36.8. The second kappa shape index (κ2) is 10.7. The Labute approximate surface area is 222 Å². The van der Waals surface area contributed by atoms with Crippen LogP contribution in [0.1, 0.15) is 53.8 Å². The van der Waals surface area contributed by atoms with Crippen LogP contribution in [0.3, 0.4) is 0 Å². The molecule has 1 aliphatic heterocycles. The van der Waals surface area contributed by atoms with Gasteiger partial charge in [-0.3, -0.25) is 14.7 Å². The smallest absolute Gasteiger partial charge is 0.416 e. The highest BCUT2D eigenvalue weighted by Gasteiger charge is 2.38. The first-order chi connectivity index (χ1) is 18.7. The Hall–Kier alpha value is -4.30. The van der Waals surface area contributed by atoms with E-state index in [9.17, 15) is 41.0 Å². The first-order valence-electron chi connectivity index (χ1n) is 11.9. The Morgan fingerprint density at radius 3 is 2.33 bits per heavy atom. The number of pyridine rings is 1. The molecule has 3 N–H and O–H groups in total. The van der Waals surface area contributed by atoms with Crippen LogP contribution >= 0.6 is 0 Å². The van der Waals surface area contributed by atoms with Crippen LogP contribution in [0.2, 0.25) is 0 Å². The Bertz CT molecular complexity index is 1440. The van der Waals surface area contributed by atoms with Gasteiger partial charge >= 0.3 is 18.4 Å². The van der Waals surface area contributed by atoms with Crippen molar-refractivity contribution in [3.05, 3.63) is 74.8 Å². The number of nitrogens with one attached hydrogen (secondary N) is 2. The summed E-state index contributed by atoms with van der Waals surface area (Å²) in [5, 5.41) is 12.8. The zero-order valence-electron chi connectivity index (χ0n) is 21.0. The molecule has 1 aliphatic rings. The van der Waals surface area contributed by atoms with E-state index in [0.717, 1.165) is 6.20 Å². The van der Waals surface area contributed by atoms with Crippen LogP contribution in [0.4, 0.5) is 42.8 Å². The van der Waals surface area contributed by atoms with E-state index < -0.39 is 53.6 Å². The Morgan fingerprint density at radius 2 is 1.80 bits per heavy atom. The maximum Gasteiger partial charge on any atom is 0.416 e. The van der Waals surface area contributed by atoms with Gasteiger partial charge in [0.25, 0.3) is 5.56 Å². The molecule has 2 aromatic heterocycles. The van der Waals surface area contributed by atoms with Gasteiger partial charge < -0.3 is 15.2 Å². The third-order valence-electron chi connectivity index (χ3n) is 6.45. The van der Waals surface area contributed by atoms with Crippen molar-refractivity contribution in [3.8, 4) is 5.88 Å². The summed E-state index contributed by atoms with van der Waals surface area (Å²) < 4.78 is 84.4. The van der Waals surface area contributed by atoms with E-state index in [1.807, 2.05) is 6.92 Å². The average Bonchev–Trinajstić information content (AvgIpc) is 2.88. The quantitative estimate of drug-likeness (QED) is 0.329. The second-order valence-corrected chi connectivity index (χ2v) is 9.08. The molecule has 1 aromatic carbocycles. The van der Waals surface area contributed by atoms with Crippen molar-refractivity contribution >= 4 is 17.7 Å². The summed E-state index contributed by atoms with van der Waals surface area (Å²) >= 11 is 0. The molecular weight excluding hydrogens is 548 g/mol. The minimum atomic E-state index is -5.02.